The van der Waals surface area contributed by atoms with Gasteiger partial charge in [0.15, 0.2) is 0 Å². The molecule has 3 heteroatoms. The summed E-state index contributed by atoms with van der Waals surface area (Å²) >= 11 is 0. The highest BCUT2D eigenvalue weighted by atomic mass is 35.5. The quantitative estimate of drug-likeness (QED) is 0.715. The van der Waals surface area contributed by atoms with Gasteiger partial charge < -0.3 is 10.4 Å². The molecule has 1 aliphatic rings. The van der Waals surface area contributed by atoms with Crippen molar-refractivity contribution >= 4 is 12.4 Å². The Hall–Kier alpha value is -0.570. The Balaban J connectivity index is 0.000000845. The van der Waals surface area contributed by atoms with E-state index >= 15 is 0 Å². The van der Waals surface area contributed by atoms with Crippen LogP contribution in [-0.4, -0.2) is 18.2 Å². The highest BCUT2D eigenvalue weighted by Crippen LogP contribution is 2.26. The van der Waals surface area contributed by atoms with Gasteiger partial charge in [-0.25, -0.2) is 0 Å². The van der Waals surface area contributed by atoms with Gasteiger partial charge in [-0.15, -0.1) is 12.4 Å². The van der Waals surface area contributed by atoms with E-state index < -0.39 is 5.60 Å². The standard InChI is InChI=1S/C10H13NO.ClH/c12-10(6-7-11-8-10)9-4-2-1-3-5-9;/h1-5,11-12H,6-8H2;1H/t10-;/m1./s1. The van der Waals surface area contributed by atoms with Crippen LogP contribution in [0.25, 0.3) is 0 Å². The van der Waals surface area contributed by atoms with E-state index in [1.54, 1.807) is 0 Å². The van der Waals surface area contributed by atoms with E-state index in [2.05, 4.69) is 5.32 Å². The zero-order valence-electron chi connectivity index (χ0n) is 7.36. The molecule has 0 spiro atoms. The molecule has 1 aromatic carbocycles. The van der Waals surface area contributed by atoms with Crippen LogP contribution in [0.5, 0.6) is 0 Å². The first-order valence-electron chi connectivity index (χ1n) is 4.30. The number of halogens is 1. The van der Waals surface area contributed by atoms with Crippen LogP contribution in [-0.2, 0) is 5.60 Å². The largest absolute Gasteiger partial charge is 0.384 e. The van der Waals surface area contributed by atoms with Gasteiger partial charge in [0.1, 0.15) is 5.60 Å². The minimum Gasteiger partial charge on any atom is -0.384 e. The van der Waals surface area contributed by atoms with Crippen molar-refractivity contribution in [3.63, 3.8) is 0 Å². The Labute approximate surface area is 84.4 Å². The van der Waals surface area contributed by atoms with Crippen LogP contribution < -0.4 is 5.32 Å². The summed E-state index contributed by atoms with van der Waals surface area (Å²) in [5, 5.41) is 13.3. The minimum absolute atomic E-state index is 0. The molecule has 0 unspecified atom stereocenters. The number of hydrogen-bond donors (Lipinski definition) is 2. The second-order valence-corrected chi connectivity index (χ2v) is 3.32. The summed E-state index contributed by atoms with van der Waals surface area (Å²) in [5.74, 6) is 0. The average molecular weight is 200 g/mol. The number of aliphatic hydroxyl groups is 1. The average Bonchev–Trinajstić information content (AvgIpc) is 2.55. The maximum Gasteiger partial charge on any atom is 0.103 e. The van der Waals surface area contributed by atoms with Gasteiger partial charge in [-0.3, -0.25) is 0 Å². The van der Waals surface area contributed by atoms with E-state index in [1.165, 1.54) is 0 Å². The molecule has 2 nitrogen and oxygen atoms in total. The number of β-amino-alcohol motifs (C(OH)–C–C–N with tert-alkyl or cyclic N) is 1. The highest BCUT2D eigenvalue weighted by molar-refractivity contribution is 5.85. The van der Waals surface area contributed by atoms with Crippen LogP contribution in [0.1, 0.15) is 12.0 Å². The molecule has 1 aromatic rings. The van der Waals surface area contributed by atoms with E-state index in [0.29, 0.717) is 6.54 Å². The molecule has 0 aromatic heterocycles. The Morgan fingerprint density at radius 2 is 1.92 bits per heavy atom. The van der Waals surface area contributed by atoms with Crippen LogP contribution in [0.4, 0.5) is 0 Å². The number of benzene rings is 1. The third-order valence-corrected chi connectivity index (χ3v) is 2.44. The van der Waals surface area contributed by atoms with Crippen molar-refractivity contribution < 1.29 is 5.11 Å². The van der Waals surface area contributed by atoms with E-state index in [0.717, 1.165) is 18.5 Å². The second kappa shape index (κ2) is 4.09. The molecule has 1 aliphatic heterocycles. The zero-order valence-corrected chi connectivity index (χ0v) is 8.18. The highest BCUT2D eigenvalue weighted by Gasteiger charge is 2.32. The van der Waals surface area contributed by atoms with Crippen LogP contribution in [0, 0.1) is 0 Å². The molecule has 2 N–H and O–H groups in total. The number of nitrogens with one attached hydrogen (secondary N) is 1. The molecule has 1 saturated heterocycles. The molecule has 0 radical (unpaired) electrons. The normalized spacial score (nSPS) is 26.8. The third kappa shape index (κ3) is 2.02. The Morgan fingerprint density at radius 3 is 2.46 bits per heavy atom. The molecule has 0 amide bonds. The number of hydrogen-bond acceptors (Lipinski definition) is 2. The topological polar surface area (TPSA) is 32.3 Å². The lowest BCUT2D eigenvalue weighted by molar-refractivity contribution is 0.0587. The molecular weight excluding hydrogens is 186 g/mol. The lowest BCUT2D eigenvalue weighted by Crippen LogP contribution is -2.27. The molecule has 13 heavy (non-hydrogen) atoms. The molecule has 0 aliphatic carbocycles. The predicted molar refractivity (Wildman–Crippen MR) is 55.1 cm³/mol. The van der Waals surface area contributed by atoms with Crippen LogP contribution in [0.15, 0.2) is 30.3 Å². The Bertz CT molecular complexity index is 257. The molecule has 0 bridgehead atoms. The van der Waals surface area contributed by atoms with Gasteiger partial charge in [-0.05, 0) is 18.5 Å². The summed E-state index contributed by atoms with van der Waals surface area (Å²) in [6.07, 6.45) is 0.816. The van der Waals surface area contributed by atoms with Crippen molar-refractivity contribution in [2.24, 2.45) is 0 Å². The van der Waals surface area contributed by atoms with Crippen molar-refractivity contribution in [3.05, 3.63) is 35.9 Å². The van der Waals surface area contributed by atoms with Gasteiger partial charge in [-0.1, -0.05) is 30.3 Å². The Kier molecular flexibility index (Phi) is 3.31. The fourth-order valence-electron chi connectivity index (χ4n) is 1.67. The summed E-state index contributed by atoms with van der Waals surface area (Å²) in [6, 6.07) is 9.85. The first-order chi connectivity index (χ1) is 5.81. The van der Waals surface area contributed by atoms with Crippen molar-refractivity contribution in [2.45, 2.75) is 12.0 Å². The van der Waals surface area contributed by atoms with E-state index in [-0.39, 0.29) is 12.4 Å². The number of rotatable bonds is 1. The summed E-state index contributed by atoms with van der Waals surface area (Å²) in [4.78, 5) is 0. The Morgan fingerprint density at radius 1 is 1.23 bits per heavy atom. The van der Waals surface area contributed by atoms with Crippen molar-refractivity contribution in [3.8, 4) is 0 Å². The molecule has 1 atom stereocenters. The van der Waals surface area contributed by atoms with Gasteiger partial charge in [0.25, 0.3) is 0 Å². The predicted octanol–water partition coefficient (Wildman–Crippen LogP) is 1.29. The molecule has 2 rings (SSSR count). The van der Waals surface area contributed by atoms with Crippen molar-refractivity contribution in [2.75, 3.05) is 13.1 Å². The summed E-state index contributed by atoms with van der Waals surface area (Å²) in [6.45, 7) is 1.59. The molecule has 1 fully saturated rings. The lowest BCUT2D eigenvalue weighted by Gasteiger charge is -2.21. The van der Waals surface area contributed by atoms with E-state index in [1.807, 2.05) is 30.3 Å². The fraction of sp³-hybridized carbons (Fsp3) is 0.400. The smallest absolute Gasteiger partial charge is 0.103 e. The SMILES string of the molecule is Cl.O[C@]1(c2ccccc2)CCNC1. The summed E-state index contributed by atoms with van der Waals surface area (Å²) in [7, 11) is 0. The first-order valence-corrected chi connectivity index (χ1v) is 4.30. The van der Waals surface area contributed by atoms with Gasteiger partial charge in [0, 0.05) is 6.54 Å². The first kappa shape index (κ1) is 10.5. The second-order valence-electron chi connectivity index (χ2n) is 3.32. The monoisotopic (exact) mass is 199 g/mol. The van der Waals surface area contributed by atoms with Crippen molar-refractivity contribution in [1.29, 1.82) is 0 Å². The molecule has 1 heterocycles. The molecule has 0 saturated carbocycles. The van der Waals surface area contributed by atoms with Crippen LogP contribution in [0.3, 0.4) is 0 Å². The van der Waals surface area contributed by atoms with E-state index in [4.69, 9.17) is 0 Å². The summed E-state index contributed by atoms with van der Waals surface area (Å²) in [5.41, 5.74) is 0.399. The third-order valence-electron chi connectivity index (χ3n) is 2.44. The zero-order chi connectivity index (χ0) is 8.44. The summed E-state index contributed by atoms with van der Waals surface area (Å²) < 4.78 is 0. The van der Waals surface area contributed by atoms with Gasteiger partial charge >= 0.3 is 0 Å². The molecule has 72 valence electrons. The van der Waals surface area contributed by atoms with Gasteiger partial charge in [0.05, 0.1) is 0 Å². The van der Waals surface area contributed by atoms with Gasteiger partial charge in [0.2, 0.25) is 0 Å². The maximum absolute atomic E-state index is 10.1. The van der Waals surface area contributed by atoms with Crippen LogP contribution in [0.2, 0.25) is 0 Å². The van der Waals surface area contributed by atoms with Gasteiger partial charge in [-0.2, -0.15) is 0 Å². The lowest BCUT2D eigenvalue weighted by atomic mass is 9.93. The van der Waals surface area contributed by atoms with Crippen molar-refractivity contribution in [1.82, 2.24) is 5.32 Å². The van der Waals surface area contributed by atoms with Crippen LogP contribution >= 0.6 is 12.4 Å². The minimum atomic E-state index is -0.624. The maximum atomic E-state index is 10.1. The van der Waals surface area contributed by atoms with E-state index in [9.17, 15) is 5.11 Å². The molecular formula is C10H14ClNO. The fourth-order valence-corrected chi connectivity index (χ4v) is 1.67.